The Morgan fingerprint density at radius 2 is 2.16 bits per heavy atom. The van der Waals surface area contributed by atoms with Crippen molar-refractivity contribution in [3.8, 4) is 6.07 Å². The lowest BCUT2D eigenvalue weighted by molar-refractivity contribution is -0.127. The predicted octanol–water partition coefficient (Wildman–Crippen LogP) is 2.96. The zero-order chi connectivity index (χ0) is 17.6. The van der Waals surface area contributed by atoms with Gasteiger partial charge in [0, 0.05) is 37.8 Å². The average molecular weight is 340 g/mol. The fraction of sp³-hybridized carbons (Fsp3) is 0.526. The molecule has 2 aliphatic heterocycles. The Morgan fingerprint density at radius 3 is 2.92 bits per heavy atom. The smallest absolute Gasteiger partial charge is 0.322 e. The van der Waals surface area contributed by atoms with Gasteiger partial charge in [0.1, 0.15) is 0 Å². The molecular formula is C19H24N4O2. The van der Waals surface area contributed by atoms with E-state index in [0.717, 1.165) is 51.7 Å². The first-order valence-corrected chi connectivity index (χ1v) is 9.03. The number of rotatable bonds is 4. The lowest BCUT2D eigenvalue weighted by Gasteiger charge is -2.36. The van der Waals surface area contributed by atoms with Crippen LogP contribution in [-0.4, -0.2) is 47.4 Å². The quantitative estimate of drug-likeness (QED) is 0.915. The Bertz CT molecular complexity index is 682. The van der Waals surface area contributed by atoms with Gasteiger partial charge in [-0.15, -0.1) is 0 Å². The fourth-order valence-corrected chi connectivity index (χ4v) is 3.68. The highest BCUT2D eigenvalue weighted by Crippen LogP contribution is 2.22. The summed E-state index contributed by atoms with van der Waals surface area (Å²) in [6.07, 6.45) is 5.54. The highest BCUT2D eigenvalue weighted by Gasteiger charge is 2.28. The van der Waals surface area contributed by atoms with E-state index in [-0.39, 0.29) is 18.0 Å². The SMILES string of the molecule is N#Cc1cccc(NC(=O)N2CCCCC2CCN2CCCC2=O)c1. The van der Waals surface area contributed by atoms with Crippen molar-refractivity contribution in [3.63, 3.8) is 0 Å². The second-order valence-electron chi connectivity index (χ2n) is 6.74. The molecule has 1 atom stereocenters. The van der Waals surface area contributed by atoms with Gasteiger partial charge >= 0.3 is 6.03 Å². The van der Waals surface area contributed by atoms with Gasteiger partial charge in [-0.05, 0) is 50.3 Å². The molecule has 2 saturated heterocycles. The molecule has 0 bridgehead atoms. The summed E-state index contributed by atoms with van der Waals surface area (Å²) < 4.78 is 0. The summed E-state index contributed by atoms with van der Waals surface area (Å²) in [7, 11) is 0. The maximum absolute atomic E-state index is 12.7. The minimum absolute atomic E-state index is 0.118. The van der Waals surface area contributed by atoms with Gasteiger partial charge in [0.25, 0.3) is 0 Å². The van der Waals surface area contributed by atoms with Gasteiger partial charge in [0.05, 0.1) is 11.6 Å². The highest BCUT2D eigenvalue weighted by molar-refractivity contribution is 5.89. The van der Waals surface area contributed by atoms with Crippen LogP contribution in [0.1, 0.15) is 44.1 Å². The zero-order valence-electron chi connectivity index (χ0n) is 14.4. The number of carbonyl (C=O) groups excluding carboxylic acids is 2. The molecule has 1 N–H and O–H groups in total. The lowest BCUT2D eigenvalue weighted by atomic mass is 9.99. The van der Waals surface area contributed by atoms with E-state index in [0.29, 0.717) is 17.7 Å². The van der Waals surface area contributed by atoms with Crippen LogP contribution < -0.4 is 5.32 Å². The van der Waals surface area contributed by atoms with E-state index in [1.807, 2.05) is 9.80 Å². The monoisotopic (exact) mass is 340 g/mol. The summed E-state index contributed by atoms with van der Waals surface area (Å²) >= 11 is 0. The second kappa shape index (κ2) is 8.02. The van der Waals surface area contributed by atoms with Crippen LogP contribution in [0.3, 0.4) is 0 Å². The summed E-state index contributed by atoms with van der Waals surface area (Å²) in [5.74, 6) is 0.236. The van der Waals surface area contributed by atoms with Gasteiger partial charge < -0.3 is 15.1 Å². The van der Waals surface area contributed by atoms with Crippen LogP contribution in [0.2, 0.25) is 0 Å². The van der Waals surface area contributed by atoms with Gasteiger partial charge in [0.15, 0.2) is 0 Å². The zero-order valence-corrected chi connectivity index (χ0v) is 14.4. The minimum atomic E-state index is -0.118. The number of nitrogens with one attached hydrogen (secondary N) is 1. The molecule has 6 heteroatoms. The molecule has 1 unspecified atom stereocenters. The van der Waals surface area contributed by atoms with E-state index < -0.39 is 0 Å². The number of likely N-dealkylation sites (tertiary alicyclic amines) is 2. The standard InChI is InChI=1S/C19H24N4O2/c20-14-15-5-3-6-16(13-15)21-19(25)23-11-2-1-7-17(23)9-12-22-10-4-8-18(22)24/h3,5-6,13,17H,1-2,4,7-12H2,(H,21,25). The van der Waals surface area contributed by atoms with Crippen molar-refractivity contribution in [3.05, 3.63) is 29.8 Å². The summed E-state index contributed by atoms with van der Waals surface area (Å²) in [6, 6.07) is 9.08. The Morgan fingerprint density at radius 1 is 1.28 bits per heavy atom. The maximum atomic E-state index is 12.7. The number of hydrogen-bond acceptors (Lipinski definition) is 3. The molecular weight excluding hydrogens is 316 g/mol. The minimum Gasteiger partial charge on any atom is -0.343 e. The number of nitrogens with zero attached hydrogens (tertiary/aromatic N) is 3. The molecule has 1 aromatic rings. The van der Waals surface area contributed by atoms with Gasteiger partial charge in [-0.2, -0.15) is 5.26 Å². The Labute approximate surface area is 148 Å². The molecule has 2 fully saturated rings. The van der Waals surface area contributed by atoms with Crippen molar-refractivity contribution in [2.75, 3.05) is 25.0 Å². The maximum Gasteiger partial charge on any atom is 0.322 e. The van der Waals surface area contributed by atoms with E-state index in [1.165, 1.54) is 0 Å². The Kier molecular flexibility index (Phi) is 5.54. The van der Waals surface area contributed by atoms with Crippen molar-refractivity contribution in [1.82, 2.24) is 9.80 Å². The highest BCUT2D eigenvalue weighted by atomic mass is 16.2. The summed E-state index contributed by atoms with van der Waals surface area (Å²) in [5.41, 5.74) is 1.17. The van der Waals surface area contributed by atoms with Crippen molar-refractivity contribution >= 4 is 17.6 Å². The van der Waals surface area contributed by atoms with Gasteiger partial charge in [-0.25, -0.2) is 4.79 Å². The molecule has 1 aromatic carbocycles. The van der Waals surface area contributed by atoms with Crippen LogP contribution >= 0.6 is 0 Å². The number of piperidine rings is 1. The number of benzene rings is 1. The van der Waals surface area contributed by atoms with Gasteiger partial charge in [0.2, 0.25) is 5.91 Å². The first-order valence-electron chi connectivity index (χ1n) is 9.03. The largest absolute Gasteiger partial charge is 0.343 e. The van der Waals surface area contributed by atoms with Crippen LogP contribution in [0.15, 0.2) is 24.3 Å². The first-order chi connectivity index (χ1) is 12.2. The summed E-state index contributed by atoms with van der Waals surface area (Å²) in [4.78, 5) is 28.3. The first kappa shape index (κ1) is 17.3. The number of urea groups is 1. The lowest BCUT2D eigenvalue weighted by Crippen LogP contribution is -2.47. The average Bonchev–Trinajstić information content (AvgIpc) is 3.05. The van der Waals surface area contributed by atoms with E-state index in [2.05, 4.69) is 11.4 Å². The van der Waals surface area contributed by atoms with Crippen molar-refractivity contribution in [2.45, 2.75) is 44.6 Å². The molecule has 6 nitrogen and oxygen atoms in total. The van der Waals surface area contributed by atoms with Crippen LogP contribution in [-0.2, 0) is 4.79 Å². The van der Waals surface area contributed by atoms with Crippen molar-refractivity contribution < 1.29 is 9.59 Å². The topological polar surface area (TPSA) is 76.4 Å². The predicted molar refractivity (Wildman–Crippen MR) is 95.0 cm³/mol. The molecule has 0 radical (unpaired) electrons. The Hall–Kier alpha value is -2.55. The van der Waals surface area contributed by atoms with Gasteiger partial charge in [-0.1, -0.05) is 6.07 Å². The van der Waals surface area contributed by atoms with E-state index in [1.54, 1.807) is 24.3 Å². The number of hydrogen-bond donors (Lipinski definition) is 1. The number of nitriles is 1. The van der Waals surface area contributed by atoms with E-state index >= 15 is 0 Å². The van der Waals surface area contributed by atoms with Crippen LogP contribution in [0.25, 0.3) is 0 Å². The van der Waals surface area contributed by atoms with E-state index in [9.17, 15) is 9.59 Å². The van der Waals surface area contributed by atoms with Crippen LogP contribution in [0, 0.1) is 11.3 Å². The number of anilines is 1. The molecule has 3 rings (SSSR count). The molecule has 0 aromatic heterocycles. The molecule has 2 aliphatic rings. The third kappa shape index (κ3) is 4.30. The summed E-state index contributed by atoms with van der Waals surface area (Å²) in [6.45, 7) is 2.32. The van der Waals surface area contributed by atoms with Gasteiger partial charge in [-0.3, -0.25) is 4.79 Å². The van der Waals surface area contributed by atoms with Crippen molar-refractivity contribution in [2.24, 2.45) is 0 Å². The molecule has 25 heavy (non-hydrogen) atoms. The summed E-state index contributed by atoms with van der Waals surface area (Å²) in [5, 5.41) is 11.9. The number of carbonyl (C=O) groups is 2. The van der Waals surface area contributed by atoms with Crippen LogP contribution in [0.4, 0.5) is 10.5 Å². The normalized spacial score (nSPS) is 20.4. The van der Waals surface area contributed by atoms with Crippen LogP contribution in [0.5, 0.6) is 0 Å². The van der Waals surface area contributed by atoms with Crippen molar-refractivity contribution in [1.29, 1.82) is 5.26 Å². The molecule has 3 amide bonds. The third-order valence-corrected chi connectivity index (χ3v) is 5.03. The fourth-order valence-electron chi connectivity index (χ4n) is 3.68. The Balaban J connectivity index is 1.60. The molecule has 132 valence electrons. The third-order valence-electron chi connectivity index (χ3n) is 5.03. The second-order valence-corrected chi connectivity index (χ2v) is 6.74. The molecule has 0 spiro atoms. The van der Waals surface area contributed by atoms with E-state index in [4.69, 9.17) is 5.26 Å². The molecule has 2 heterocycles. The molecule has 0 saturated carbocycles. The molecule has 0 aliphatic carbocycles. The number of amides is 3.